The molecule has 0 aromatic carbocycles. The molecule has 0 atom stereocenters. The molecule has 1 N–H and O–H groups in total. The minimum Gasteiger partial charge on any atom is -0.448 e. The van der Waals surface area contributed by atoms with Crippen LogP contribution in [0.4, 0.5) is 4.79 Å². The largest absolute Gasteiger partial charge is 0.448 e. The van der Waals surface area contributed by atoms with E-state index in [1.165, 1.54) is 11.3 Å². The van der Waals surface area contributed by atoms with Gasteiger partial charge in [0, 0.05) is 28.3 Å². The highest BCUT2D eigenvalue weighted by atomic mass is 79.9. The second-order valence-electron chi connectivity index (χ2n) is 4.88. The number of carbonyl (C=O) groups excluding carboxylic acids is 2. The Balaban J connectivity index is 1.47. The average molecular weight is 416 g/mol. The molecule has 1 saturated heterocycles. The third-order valence-corrected chi connectivity index (χ3v) is 5.95. The van der Waals surface area contributed by atoms with Crippen molar-refractivity contribution in [1.82, 2.24) is 15.2 Å². The summed E-state index contributed by atoms with van der Waals surface area (Å²) in [6.07, 6.45) is 0.415. The summed E-state index contributed by atoms with van der Waals surface area (Å²) in [5.74, 6) is -0.188. The summed E-state index contributed by atoms with van der Waals surface area (Å²) in [5, 5.41) is 7.41. The first-order valence-corrected chi connectivity index (χ1v) is 9.58. The number of nitrogens with zero attached hydrogens (tertiary/aromatic N) is 2. The number of thiophene rings is 1. The van der Waals surface area contributed by atoms with Crippen LogP contribution >= 0.6 is 38.6 Å². The highest BCUT2D eigenvalue weighted by molar-refractivity contribution is 9.10. The van der Waals surface area contributed by atoms with Crippen molar-refractivity contribution in [3.8, 4) is 9.88 Å². The van der Waals surface area contributed by atoms with Crippen LogP contribution in [0.5, 0.6) is 0 Å². The number of hydrogen-bond acceptors (Lipinski definition) is 6. The van der Waals surface area contributed by atoms with Crippen molar-refractivity contribution in [2.24, 2.45) is 0 Å². The Morgan fingerprint density at radius 2 is 2.30 bits per heavy atom. The summed E-state index contributed by atoms with van der Waals surface area (Å²) < 4.78 is 5.86. The SMILES string of the molecule is O=C(NCCCN1CCOC1=O)c1csc(-c2cc(Br)cs2)n1. The maximum Gasteiger partial charge on any atom is 0.409 e. The molecule has 0 spiro atoms. The lowest BCUT2D eigenvalue weighted by molar-refractivity contribution is 0.0948. The average Bonchev–Trinajstić information content (AvgIpc) is 3.24. The number of thiazole rings is 1. The molecule has 6 nitrogen and oxygen atoms in total. The summed E-state index contributed by atoms with van der Waals surface area (Å²) in [6, 6.07) is 1.99. The number of aromatic nitrogens is 1. The predicted octanol–water partition coefficient (Wildman–Crippen LogP) is 3.21. The lowest BCUT2D eigenvalue weighted by atomic mass is 10.3. The van der Waals surface area contributed by atoms with E-state index in [0.29, 0.717) is 38.4 Å². The molecule has 0 radical (unpaired) electrons. The summed E-state index contributed by atoms with van der Waals surface area (Å²) >= 11 is 6.45. The lowest BCUT2D eigenvalue weighted by Gasteiger charge is -2.12. The fourth-order valence-corrected chi connectivity index (χ4v) is 4.42. The Morgan fingerprint density at radius 1 is 1.43 bits per heavy atom. The zero-order valence-corrected chi connectivity index (χ0v) is 15.3. The fourth-order valence-electron chi connectivity index (χ4n) is 2.11. The van der Waals surface area contributed by atoms with E-state index >= 15 is 0 Å². The van der Waals surface area contributed by atoms with Crippen LogP contribution in [0.3, 0.4) is 0 Å². The van der Waals surface area contributed by atoms with Crippen LogP contribution in [-0.2, 0) is 4.74 Å². The van der Waals surface area contributed by atoms with Gasteiger partial charge >= 0.3 is 6.09 Å². The molecule has 2 aromatic heterocycles. The van der Waals surface area contributed by atoms with Crippen LogP contribution in [0, 0.1) is 0 Å². The van der Waals surface area contributed by atoms with Crippen LogP contribution in [0.1, 0.15) is 16.9 Å². The maximum atomic E-state index is 12.1. The van der Waals surface area contributed by atoms with Gasteiger partial charge in [-0.3, -0.25) is 4.79 Å². The van der Waals surface area contributed by atoms with E-state index in [0.717, 1.165) is 14.4 Å². The van der Waals surface area contributed by atoms with Crippen molar-refractivity contribution >= 4 is 50.6 Å². The summed E-state index contributed by atoms with van der Waals surface area (Å²) in [5.41, 5.74) is 0.426. The molecule has 0 unspecified atom stereocenters. The van der Waals surface area contributed by atoms with Gasteiger partial charge in [-0.05, 0) is 28.4 Å². The van der Waals surface area contributed by atoms with Crippen LogP contribution in [0.2, 0.25) is 0 Å². The smallest absolute Gasteiger partial charge is 0.409 e. The van der Waals surface area contributed by atoms with Crippen LogP contribution in [0.15, 0.2) is 21.3 Å². The molecule has 9 heteroatoms. The second-order valence-corrected chi connectivity index (χ2v) is 7.56. The van der Waals surface area contributed by atoms with E-state index in [-0.39, 0.29) is 12.0 Å². The number of ether oxygens (including phenoxy) is 1. The molecule has 2 aromatic rings. The molecule has 1 aliphatic rings. The quantitative estimate of drug-likeness (QED) is 0.735. The minimum atomic E-state index is -0.275. The summed E-state index contributed by atoms with van der Waals surface area (Å²) in [7, 11) is 0. The van der Waals surface area contributed by atoms with Gasteiger partial charge in [0.05, 0.1) is 11.4 Å². The maximum absolute atomic E-state index is 12.1. The lowest BCUT2D eigenvalue weighted by Crippen LogP contribution is -2.30. The van der Waals surface area contributed by atoms with Gasteiger partial charge in [0.25, 0.3) is 5.91 Å². The first kappa shape index (κ1) is 16.4. The zero-order chi connectivity index (χ0) is 16.2. The first-order chi connectivity index (χ1) is 11.1. The fraction of sp³-hybridized carbons (Fsp3) is 0.357. The highest BCUT2D eigenvalue weighted by Crippen LogP contribution is 2.31. The Morgan fingerprint density at radius 3 is 3.00 bits per heavy atom. The molecule has 3 rings (SSSR count). The first-order valence-electron chi connectivity index (χ1n) is 7.03. The molecule has 0 saturated carbocycles. The van der Waals surface area contributed by atoms with Crippen molar-refractivity contribution in [3.05, 3.63) is 27.0 Å². The van der Waals surface area contributed by atoms with Gasteiger partial charge in [-0.25, -0.2) is 9.78 Å². The monoisotopic (exact) mass is 415 g/mol. The molecule has 23 heavy (non-hydrogen) atoms. The number of hydrogen-bond donors (Lipinski definition) is 1. The summed E-state index contributed by atoms with van der Waals surface area (Å²) in [4.78, 5) is 30.4. The van der Waals surface area contributed by atoms with E-state index in [9.17, 15) is 9.59 Å². The van der Waals surface area contributed by atoms with E-state index < -0.39 is 0 Å². The normalized spacial score (nSPS) is 14.1. The van der Waals surface area contributed by atoms with E-state index in [1.54, 1.807) is 21.6 Å². The Labute approximate surface area is 149 Å². The summed E-state index contributed by atoms with van der Waals surface area (Å²) in [6.45, 7) is 2.16. The van der Waals surface area contributed by atoms with Gasteiger partial charge in [0.1, 0.15) is 17.3 Å². The van der Waals surface area contributed by atoms with Gasteiger partial charge in [0.2, 0.25) is 0 Å². The van der Waals surface area contributed by atoms with Crippen LogP contribution < -0.4 is 5.32 Å². The molecule has 0 aliphatic carbocycles. The van der Waals surface area contributed by atoms with Crippen molar-refractivity contribution in [3.63, 3.8) is 0 Å². The third-order valence-electron chi connectivity index (χ3n) is 3.25. The number of amides is 2. The highest BCUT2D eigenvalue weighted by Gasteiger charge is 2.21. The van der Waals surface area contributed by atoms with Gasteiger partial charge in [-0.1, -0.05) is 0 Å². The predicted molar refractivity (Wildman–Crippen MR) is 93.0 cm³/mol. The Bertz CT molecular complexity index is 716. The standard InChI is InChI=1S/C14H14BrN3O3S2/c15-9-6-11(22-7-9)13-17-10(8-23-13)12(19)16-2-1-3-18-4-5-21-14(18)20/h6-8H,1-5H2,(H,16,19). The zero-order valence-electron chi connectivity index (χ0n) is 12.1. The number of halogens is 1. The molecule has 2 amide bonds. The van der Waals surface area contributed by atoms with Crippen LogP contribution in [-0.4, -0.2) is 48.1 Å². The molecule has 1 fully saturated rings. The van der Waals surface area contributed by atoms with Crippen molar-refractivity contribution in [1.29, 1.82) is 0 Å². The third kappa shape index (κ3) is 4.10. The van der Waals surface area contributed by atoms with Crippen molar-refractivity contribution in [2.75, 3.05) is 26.2 Å². The van der Waals surface area contributed by atoms with Gasteiger partial charge < -0.3 is 15.0 Å². The molecular weight excluding hydrogens is 402 g/mol. The Kier molecular flexibility index (Phi) is 5.29. The van der Waals surface area contributed by atoms with E-state index in [4.69, 9.17) is 4.74 Å². The van der Waals surface area contributed by atoms with E-state index in [1.807, 2.05) is 11.4 Å². The van der Waals surface area contributed by atoms with Gasteiger partial charge in [-0.15, -0.1) is 22.7 Å². The van der Waals surface area contributed by atoms with Crippen LogP contribution in [0.25, 0.3) is 9.88 Å². The minimum absolute atomic E-state index is 0.188. The number of nitrogens with one attached hydrogen (secondary N) is 1. The van der Waals surface area contributed by atoms with Crippen molar-refractivity contribution < 1.29 is 14.3 Å². The van der Waals surface area contributed by atoms with Gasteiger partial charge in [0.15, 0.2) is 0 Å². The number of cyclic esters (lactones) is 1. The topological polar surface area (TPSA) is 71.5 Å². The Hall–Kier alpha value is -1.45. The number of rotatable bonds is 6. The molecule has 0 bridgehead atoms. The molecule has 1 aliphatic heterocycles. The second kappa shape index (κ2) is 7.41. The molecule has 122 valence electrons. The van der Waals surface area contributed by atoms with E-state index in [2.05, 4.69) is 26.2 Å². The van der Waals surface area contributed by atoms with Gasteiger partial charge in [-0.2, -0.15) is 0 Å². The molecular formula is C14H14BrN3O3S2. The number of carbonyl (C=O) groups is 2. The van der Waals surface area contributed by atoms with Crippen molar-refractivity contribution in [2.45, 2.75) is 6.42 Å². The molecule has 3 heterocycles.